The lowest BCUT2D eigenvalue weighted by Gasteiger charge is -2.27. The fraction of sp³-hybridized carbons (Fsp3) is 0.737. The van der Waals surface area contributed by atoms with Crippen molar-refractivity contribution in [2.45, 2.75) is 45.1 Å². The van der Waals surface area contributed by atoms with Crippen molar-refractivity contribution in [3.05, 3.63) is 23.7 Å². The van der Waals surface area contributed by atoms with Crippen LogP contribution in [-0.4, -0.2) is 43.5 Å². The number of rotatable bonds is 5. The lowest BCUT2D eigenvalue weighted by molar-refractivity contribution is -0.123. The van der Waals surface area contributed by atoms with E-state index in [1.807, 2.05) is 13.0 Å². The first kappa shape index (κ1) is 21.5. The highest BCUT2D eigenvalue weighted by Crippen LogP contribution is 2.58. The Balaban J connectivity index is 0.00000121. The molecular formula is C19H31Cl2N3O2. The zero-order chi connectivity index (χ0) is 16.6. The number of hydrogen-bond donors (Lipinski definition) is 2. The van der Waals surface area contributed by atoms with Gasteiger partial charge in [-0.15, -0.1) is 24.8 Å². The van der Waals surface area contributed by atoms with Crippen LogP contribution in [0.1, 0.15) is 49.7 Å². The Morgan fingerprint density at radius 1 is 1.31 bits per heavy atom. The molecule has 2 saturated heterocycles. The second-order valence-corrected chi connectivity index (χ2v) is 7.82. The van der Waals surface area contributed by atoms with Crippen molar-refractivity contribution < 1.29 is 9.21 Å². The maximum absolute atomic E-state index is 12.7. The van der Waals surface area contributed by atoms with Gasteiger partial charge in [0, 0.05) is 12.5 Å². The fourth-order valence-electron chi connectivity index (χ4n) is 4.61. The van der Waals surface area contributed by atoms with E-state index < -0.39 is 0 Å². The number of amides is 1. The molecular weight excluding hydrogens is 373 g/mol. The van der Waals surface area contributed by atoms with Crippen molar-refractivity contribution >= 4 is 30.7 Å². The van der Waals surface area contributed by atoms with E-state index in [0.717, 1.165) is 57.0 Å². The summed E-state index contributed by atoms with van der Waals surface area (Å²) in [5, 5.41) is 6.64. The third kappa shape index (κ3) is 4.38. The molecule has 0 aromatic carbocycles. The minimum atomic E-state index is 0. The van der Waals surface area contributed by atoms with Gasteiger partial charge in [0.1, 0.15) is 11.5 Å². The van der Waals surface area contributed by atoms with Crippen molar-refractivity contribution in [2.75, 3.05) is 32.7 Å². The summed E-state index contributed by atoms with van der Waals surface area (Å²) in [4.78, 5) is 15.1. The molecule has 148 valence electrons. The van der Waals surface area contributed by atoms with E-state index in [0.29, 0.717) is 12.0 Å². The van der Waals surface area contributed by atoms with Gasteiger partial charge in [0.2, 0.25) is 5.91 Å². The molecule has 1 amide bonds. The zero-order valence-corrected chi connectivity index (χ0v) is 17.1. The summed E-state index contributed by atoms with van der Waals surface area (Å²) in [5.41, 5.74) is 0.305. The first-order chi connectivity index (χ1) is 11.7. The second-order valence-electron chi connectivity index (χ2n) is 7.82. The van der Waals surface area contributed by atoms with E-state index in [4.69, 9.17) is 4.42 Å². The molecule has 4 rings (SSSR count). The second kappa shape index (κ2) is 8.96. The van der Waals surface area contributed by atoms with Gasteiger partial charge < -0.3 is 15.1 Å². The number of carbonyl (C=O) groups excluding carboxylic acids is 1. The van der Waals surface area contributed by atoms with E-state index in [9.17, 15) is 4.79 Å². The third-order valence-corrected chi connectivity index (χ3v) is 6.25. The highest BCUT2D eigenvalue weighted by atomic mass is 35.5. The van der Waals surface area contributed by atoms with Gasteiger partial charge in [0.25, 0.3) is 0 Å². The molecule has 7 heteroatoms. The number of carbonyl (C=O) groups is 1. The molecule has 26 heavy (non-hydrogen) atoms. The molecule has 1 aliphatic carbocycles. The van der Waals surface area contributed by atoms with Gasteiger partial charge in [-0.1, -0.05) is 0 Å². The molecule has 1 spiro atoms. The number of piperidine rings is 1. The maximum Gasteiger partial charge on any atom is 0.223 e. The van der Waals surface area contributed by atoms with E-state index in [-0.39, 0.29) is 42.7 Å². The average molecular weight is 404 g/mol. The standard InChI is InChI=1S/C19H29N3O2.2ClH/c1-14-4-5-17(24-14)16(22-10-2-3-11-22)13-21-18(23)15-12-19(15)6-8-20-9-7-19;;/h4-5,15-16,20H,2-3,6-13H2,1H3,(H,21,23);2*1H. The van der Waals surface area contributed by atoms with Crippen molar-refractivity contribution in [3.8, 4) is 0 Å². The number of halogens is 2. The molecule has 2 unspecified atom stereocenters. The van der Waals surface area contributed by atoms with Crippen molar-refractivity contribution in [1.82, 2.24) is 15.5 Å². The smallest absolute Gasteiger partial charge is 0.223 e. The van der Waals surface area contributed by atoms with Crippen LogP contribution < -0.4 is 10.6 Å². The van der Waals surface area contributed by atoms with Gasteiger partial charge >= 0.3 is 0 Å². The molecule has 0 radical (unpaired) electrons. The Labute approximate surface area is 168 Å². The van der Waals surface area contributed by atoms with Crippen LogP contribution in [0.15, 0.2) is 16.5 Å². The highest BCUT2D eigenvalue weighted by Gasteiger charge is 2.57. The van der Waals surface area contributed by atoms with Crippen LogP contribution in [0.2, 0.25) is 0 Å². The quantitative estimate of drug-likeness (QED) is 0.792. The summed E-state index contributed by atoms with van der Waals surface area (Å²) in [6.45, 7) is 6.96. The lowest BCUT2D eigenvalue weighted by Crippen LogP contribution is -2.39. The van der Waals surface area contributed by atoms with Crippen LogP contribution in [0.4, 0.5) is 0 Å². The normalized spacial score (nSPS) is 25.2. The molecule has 2 atom stereocenters. The lowest BCUT2D eigenvalue weighted by atomic mass is 9.92. The number of nitrogens with one attached hydrogen (secondary N) is 2. The molecule has 3 aliphatic rings. The minimum absolute atomic E-state index is 0. The van der Waals surface area contributed by atoms with Crippen LogP contribution >= 0.6 is 24.8 Å². The van der Waals surface area contributed by atoms with Crippen molar-refractivity contribution in [2.24, 2.45) is 11.3 Å². The molecule has 1 aromatic rings. The van der Waals surface area contributed by atoms with Crippen molar-refractivity contribution in [3.63, 3.8) is 0 Å². The Morgan fingerprint density at radius 2 is 2.00 bits per heavy atom. The van der Waals surface area contributed by atoms with E-state index in [1.54, 1.807) is 0 Å². The summed E-state index contributed by atoms with van der Waals surface area (Å²) in [6, 6.07) is 4.26. The predicted molar refractivity (Wildman–Crippen MR) is 107 cm³/mol. The molecule has 3 fully saturated rings. The summed E-state index contributed by atoms with van der Waals surface area (Å²) < 4.78 is 5.88. The first-order valence-corrected chi connectivity index (χ1v) is 9.47. The third-order valence-electron chi connectivity index (χ3n) is 6.25. The molecule has 1 saturated carbocycles. The molecule has 3 heterocycles. The van der Waals surface area contributed by atoms with E-state index >= 15 is 0 Å². The van der Waals surface area contributed by atoms with E-state index in [2.05, 4.69) is 21.6 Å². The Hall–Kier alpha value is -0.750. The van der Waals surface area contributed by atoms with Crippen LogP contribution in [0.3, 0.4) is 0 Å². The van der Waals surface area contributed by atoms with Crippen LogP contribution in [0, 0.1) is 18.3 Å². The van der Waals surface area contributed by atoms with Gasteiger partial charge in [0.15, 0.2) is 0 Å². The molecule has 2 N–H and O–H groups in total. The number of likely N-dealkylation sites (tertiary alicyclic amines) is 1. The average Bonchev–Trinajstić information content (AvgIpc) is 2.99. The van der Waals surface area contributed by atoms with Crippen LogP contribution in [-0.2, 0) is 4.79 Å². The molecule has 2 aliphatic heterocycles. The molecule has 1 aromatic heterocycles. The van der Waals surface area contributed by atoms with Crippen LogP contribution in [0.5, 0.6) is 0 Å². The van der Waals surface area contributed by atoms with Crippen LogP contribution in [0.25, 0.3) is 0 Å². The topological polar surface area (TPSA) is 57.5 Å². The minimum Gasteiger partial charge on any atom is -0.465 e. The van der Waals surface area contributed by atoms with Gasteiger partial charge in [-0.05, 0) is 82.8 Å². The monoisotopic (exact) mass is 403 g/mol. The summed E-state index contributed by atoms with van der Waals surface area (Å²) >= 11 is 0. The number of hydrogen-bond acceptors (Lipinski definition) is 4. The number of furan rings is 1. The number of nitrogens with zero attached hydrogens (tertiary/aromatic N) is 1. The number of aryl methyl sites for hydroxylation is 1. The Bertz CT molecular complexity index is 595. The SMILES string of the molecule is Cc1ccc(C(CNC(=O)C2CC23CCNCC3)N2CCCC2)o1.Cl.Cl. The zero-order valence-electron chi connectivity index (χ0n) is 15.5. The predicted octanol–water partition coefficient (Wildman–Crippen LogP) is 3.07. The largest absolute Gasteiger partial charge is 0.465 e. The van der Waals surface area contributed by atoms with Gasteiger partial charge in [-0.3, -0.25) is 9.69 Å². The Kier molecular flexibility index (Phi) is 7.43. The summed E-state index contributed by atoms with van der Waals surface area (Å²) in [5.74, 6) is 2.42. The maximum atomic E-state index is 12.7. The highest BCUT2D eigenvalue weighted by molar-refractivity contribution is 5.85. The summed E-state index contributed by atoms with van der Waals surface area (Å²) in [6.07, 6.45) is 5.86. The van der Waals surface area contributed by atoms with Crippen molar-refractivity contribution in [1.29, 1.82) is 0 Å². The van der Waals surface area contributed by atoms with Gasteiger partial charge in [-0.25, -0.2) is 0 Å². The fourth-order valence-corrected chi connectivity index (χ4v) is 4.61. The van der Waals surface area contributed by atoms with Gasteiger partial charge in [0.05, 0.1) is 6.04 Å². The summed E-state index contributed by atoms with van der Waals surface area (Å²) in [7, 11) is 0. The van der Waals surface area contributed by atoms with E-state index in [1.165, 1.54) is 12.8 Å². The first-order valence-electron chi connectivity index (χ1n) is 9.47. The Morgan fingerprint density at radius 3 is 2.62 bits per heavy atom. The van der Waals surface area contributed by atoms with Gasteiger partial charge in [-0.2, -0.15) is 0 Å². The molecule has 0 bridgehead atoms. The molecule has 5 nitrogen and oxygen atoms in total.